The largest absolute Gasteiger partial charge is 0.318 e. The first-order chi connectivity index (χ1) is 11.3. The van der Waals surface area contributed by atoms with E-state index in [0.717, 1.165) is 10.5 Å². The van der Waals surface area contributed by atoms with Crippen LogP contribution in [0.3, 0.4) is 0 Å². The van der Waals surface area contributed by atoms with E-state index in [9.17, 15) is 0 Å². The molecule has 1 nitrogen and oxygen atoms in total. The van der Waals surface area contributed by atoms with E-state index in [4.69, 9.17) is 12.2 Å². The van der Waals surface area contributed by atoms with E-state index in [0.29, 0.717) is 0 Å². The van der Waals surface area contributed by atoms with Crippen molar-refractivity contribution in [1.29, 1.82) is 0 Å². The highest BCUT2D eigenvalue weighted by Gasteiger charge is 2.07. The summed E-state index contributed by atoms with van der Waals surface area (Å²) in [5, 5.41) is 4.69. The topological polar surface area (TPSA) is 4.93 Å². The van der Waals surface area contributed by atoms with Crippen molar-refractivity contribution >= 4 is 34.3 Å². The summed E-state index contributed by atoms with van der Waals surface area (Å²) in [6.45, 7) is 0.803. The molecule has 0 aliphatic heterocycles. The lowest BCUT2D eigenvalue weighted by Gasteiger charge is -2.10. The van der Waals surface area contributed by atoms with Gasteiger partial charge in [-0.15, -0.1) is 11.3 Å². The van der Waals surface area contributed by atoms with Gasteiger partial charge in [0, 0.05) is 11.9 Å². The Labute approximate surface area is 144 Å². The second kappa shape index (κ2) is 6.11. The molecule has 3 heteroatoms. The molecule has 0 saturated heterocycles. The zero-order chi connectivity index (χ0) is 15.6. The van der Waals surface area contributed by atoms with E-state index < -0.39 is 0 Å². The molecule has 0 N–H and O–H groups in total. The van der Waals surface area contributed by atoms with Crippen molar-refractivity contribution in [2.45, 2.75) is 6.54 Å². The van der Waals surface area contributed by atoms with Gasteiger partial charge < -0.3 is 4.57 Å². The van der Waals surface area contributed by atoms with Crippen LogP contribution >= 0.6 is 23.6 Å². The number of nitrogens with zero attached hydrogens (tertiary/aromatic N) is 1. The van der Waals surface area contributed by atoms with Crippen LogP contribution < -0.4 is 0 Å². The van der Waals surface area contributed by atoms with Crippen molar-refractivity contribution in [1.82, 2.24) is 4.57 Å². The molecule has 23 heavy (non-hydrogen) atoms. The molecule has 0 aliphatic carbocycles. The Hall–Kier alpha value is -2.23. The minimum absolute atomic E-state index is 0.803. The van der Waals surface area contributed by atoms with Crippen LogP contribution in [0, 0.1) is 3.95 Å². The van der Waals surface area contributed by atoms with Crippen molar-refractivity contribution in [2.24, 2.45) is 0 Å². The van der Waals surface area contributed by atoms with Crippen molar-refractivity contribution in [3.05, 3.63) is 87.7 Å². The first-order valence-electron chi connectivity index (χ1n) is 7.53. The predicted octanol–water partition coefficient (Wildman–Crippen LogP) is 6.15. The van der Waals surface area contributed by atoms with Gasteiger partial charge >= 0.3 is 0 Å². The van der Waals surface area contributed by atoms with E-state index in [1.807, 2.05) is 6.07 Å². The van der Waals surface area contributed by atoms with Crippen molar-refractivity contribution in [3.63, 3.8) is 0 Å². The van der Waals surface area contributed by atoms with E-state index >= 15 is 0 Å². The molecular weight excluding hydrogens is 318 g/mol. The summed E-state index contributed by atoms with van der Waals surface area (Å²) in [5.74, 6) is 0. The molecule has 0 aliphatic rings. The monoisotopic (exact) mass is 333 g/mol. The van der Waals surface area contributed by atoms with Crippen molar-refractivity contribution in [2.75, 3.05) is 0 Å². The van der Waals surface area contributed by atoms with Gasteiger partial charge in [0.1, 0.15) is 0 Å². The number of fused-ring (bicyclic) bond motifs is 1. The lowest BCUT2D eigenvalue weighted by atomic mass is 10.1. The average Bonchev–Trinajstić information content (AvgIpc) is 2.96. The maximum atomic E-state index is 5.55. The number of aromatic nitrogens is 1. The fourth-order valence-electron chi connectivity index (χ4n) is 2.83. The molecule has 112 valence electrons. The lowest BCUT2D eigenvalue weighted by molar-refractivity contribution is 0.810. The average molecular weight is 333 g/mol. The summed E-state index contributed by atoms with van der Waals surface area (Å²) in [6, 6.07) is 25.5. The minimum Gasteiger partial charge on any atom is -0.318 e. The maximum Gasteiger partial charge on any atom is 0.161 e. The van der Waals surface area contributed by atoms with Crippen LogP contribution in [0.25, 0.3) is 22.0 Å². The molecule has 1 heterocycles. The third kappa shape index (κ3) is 2.85. The first-order valence-corrected chi connectivity index (χ1v) is 8.81. The van der Waals surface area contributed by atoms with E-state index in [1.54, 1.807) is 11.3 Å². The molecule has 0 fully saturated rings. The molecule has 0 bridgehead atoms. The lowest BCUT2D eigenvalue weighted by Crippen LogP contribution is -2.01. The van der Waals surface area contributed by atoms with Gasteiger partial charge in [0.15, 0.2) is 3.95 Å². The predicted molar refractivity (Wildman–Crippen MR) is 102 cm³/mol. The van der Waals surface area contributed by atoms with Gasteiger partial charge in [-0.1, -0.05) is 66.7 Å². The normalized spacial score (nSPS) is 11.0. The molecule has 0 atom stereocenters. The van der Waals surface area contributed by atoms with Gasteiger partial charge in [0.2, 0.25) is 0 Å². The Morgan fingerprint density at radius 3 is 2.39 bits per heavy atom. The molecule has 0 radical (unpaired) electrons. The molecule has 0 unspecified atom stereocenters. The highest BCUT2D eigenvalue weighted by molar-refractivity contribution is 7.73. The Morgan fingerprint density at radius 2 is 1.57 bits per heavy atom. The Bertz CT molecular complexity index is 1010. The summed E-state index contributed by atoms with van der Waals surface area (Å²) in [7, 11) is 0. The second-order valence-corrected chi connectivity index (χ2v) is 7.02. The van der Waals surface area contributed by atoms with Crippen LogP contribution in [-0.4, -0.2) is 4.57 Å². The van der Waals surface area contributed by atoms with Crippen LogP contribution in [-0.2, 0) is 6.54 Å². The summed E-state index contributed by atoms with van der Waals surface area (Å²) in [5.41, 5.74) is 3.67. The molecular formula is C20H15NS2. The molecule has 0 amide bonds. The van der Waals surface area contributed by atoms with Crippen molar-refractivity contribution < 1.29 is 0 Å². The first kappa shape index (κ1) is 14.4. The maximum absolute atomic E-state index is 5.55. The number of hydrogen-bond acceptors (Lipinski definition) is 2. The fraction of sp³-hybridized carbons (Fsp3) is 0.0500. The Balaban J connectivity index is 1.76. The smallest absolute Gasteiger partial charge is 0.161 e. The van der Waals surface area contributed by atoms with Gasteiger partial charge in [-0.05, 0) is 40.2 Å². The molecule has 4 aromatic rings. The van der Waals surface area contributed by atoms with Crippen LogP contribution in [0.5, 0.6) is 0 Å². The quantitative estimate of drug-likeness (QED) is 0.407. The minimum atomic E-state index is 0.803. The van der Waals surface area contributed by atoms with Gasteiger partial charge in [-0.2, -0.15) is 0 Å². The number of hydrogen-bond donors (Lipinski definition) is 0. The second-order valence-electron chi connectivity index (χ2n) is 5.52. The Kier molecular flexibility index (Phi) is 3.82. The molecule has 0 saturated carbocycles. The number of thiazole rings is 1. The number of benzene rings is 3. The third-order valence-electron chi connectivity index (χ3n) is 4.01. The zero-order valence-electron chi connectivity index (χ0n) is 12.5. The van der Waals surface area contributed by atoms with Gasteiger partial charge in [0.25, 0.3) is 0 Å². The summed E-state index contributed by atoms with van der Waals surface area (Å²) >= 11 is 7.18. The SMILES string of the molecule is S=c1scc(-c2ccccc2)n1Cc1ccc2ccccc2c1. The van der Waals surface area contributed by atoms with Crippen LogP contribution in [0.15, 0.2) is 78.2 Å². The highest BCUT2D eigenvalue weighted by atomic mass is 32.1. The van der Waals surface area contributed by atoms with Crippen molar-refractivity contribution in [3.8, 4) is 11.3 Å². The van der Waals surface area contributed by atoms with E-state index in [1.165, 1.54) is 27.6 Å². The molecule has 1 aromatic heterocycles. The Morgan fingerprint density at radius 1 is 0.826 bits per heavy atom. The van der Waals surface area contributed by atoms with Gasteiger partial charge in [-0.3, -0.25) is 0 Å². The molecule has 0 spiro atoms. The summed E-state index contributed by atoms with van der Waals surface area (Å²) in [6.07, 6.45) is 0. The van der Waals surface area contributed by atoms with E-state index in [-0.39, 0.29) is 0 Å². The van der Waals surface area contributed by atoms with Crippen LogP contribution in [0.1, 0.15) is 5.56 Å². The summed E-state index contributed by atoms with van der Waals surface area (Å²) < 4.78 is 3.14. The zero-order valence-corrected chi connectivity index (χ0v) is 14.1. The number of rotatable bonds is 3. The molecule has 4 rings (SSSR count). The van der Waals surface area contributed by atoms with Gasteiger partial charge in [0.05, 0.1) is 5.69 Å². The summed E-state index contributed by atoms with van der Waals surface area (Å²) in [4.78, 5) is 0. The third-order valence-corrected chi connectivity index (χ3v) is 5.28. The van der Waals surface area contributed by atoms with Crippen LogP contribution in [0.4, 0.5) is 0 Å². The standard InChI is InChI=1S/C20H15NS2/c22-20-21(19(14-23-20)17-7-2-1-3-8-17)13-15-10-11-16-6-4-5-9-18(16)12-15/h1-12,14H,13H2. The highest BCUT2D eigenvalue weighted by Crippen LogP contribution is 2.25. The van der Waals surface area contributed by atoms with Crippen LogP contribution in [0.2, 0.25) is 0 Å². The van der Waals surface area contributed by atoms with E-state index in [2.05, 4.69) is 76.7 Å². The molecule has 3 aromatic carbocycles. The van der Waals surface area contributed by atoms with Gasteiger partial charge in [-0.25, -0.2) is 0 Å². The fourth-order valence-corrected chi connectivity index (χ4v) is 3.91.